The van der Waals surface area contributed by atoms with Crippen molar-refractivity contribution in [3.05, 3.63) is 76.0 Å². The first-order valence-corrected chi connectivity index (χ1v) is 10.1. The Kier molecular flexibility index (Phi) is 6.21. The standard InChI is InChI=1S/C22H24FN3OS/c1-15-5-10-21(16(2)11-15)26(17(3)27)22-24-20(14-28-22)13-25(4)12-18-6-8-19(23)9-7-18/h5-11,14H,12-13H2,1-4H3/p+1. The minimum absolute atomic E-state index is 0.0557. The summed E-state index contributed by atoms with van der Waals surface area (Å²) in [4.78, 5) is 20.0. The zero-order chi connectivity index (χ0) is 20.3. The lowest BCUT2D eigenvalue weighted by atomic mass is 10.1. The SMILES string of the molecule is CC(=O)N(c1nc(C[NH+](C)Cc2ccc(F)cc2)cs1)c1ccc(C)cc1C. The van der Waals surface area contributed by atoms with E-state index >= 15 is 0 Å². The first kappa shape index (κ1) is 20.2. The van der Waals surface area contributed by atoms with Crippen LogP contribution in [0.25, 0.3) is 0 Å². The van der Waals surface area contributed by atoms with Crippen molar-refractivity contribution in [3.63, 3.8) is 0 Å². The first-order valence-electron chi connectivity index (χ1n) is 9.21. The molecular formula is C22H25FN3OS+. The molecule has 1 amide bonds. The predicted octanol–water partition coefficient (Wildman–Crippen LogP) is 3.80. The summed E-state index contributed by atoms with van der Waals surface area (Å²) in [5, 5.41) is 2.69. The number of aromatic nitrogens is 1. The van der Waals surface area contributed by atoms with Gasteiger partial charge in [-0.3, -0.25) is 9.69 Å². The number of aryl methyl sites for hydroxylation is 2. The number of quaternary nitrogens is 1. The zero-order valence-electron chi connectivity index (χ0n) is 16.6. The number of benzene rings is 2. The molecule has 3 rings (SSSR count). The van der Waals surface area contributed by atoms with E-state index in [1.54, 1.807) is 11.8 Å². The summed E-state index contributed by atoms with van der Waals surface area (Å²) in [7, 11) is 2.08. The summed E-state index contributed by atoms with van der Waals surface area (Å²) < 4.78 is 13.1. The van der Waals surface area contributed by atoms with Crippen LogP contribution in [-0.4, -0.2) is 17.9 Å². The van der Waals surface area contributed by atoms with Crippen LogP contribution in [0.5, 0.6) is 0 Å². The molecule has 0 saturated heterocycles. The number of carbonyl (C=O) groups is 1. The molecule has 2 aromatic carbocycles. The Morgan fingerprint density at radius 1 is 1.14 bits per heavy atom. The fourth-order valence-electron chi connectivity index (χ4n) is 3.27. The number of anilines is 2. The van der Waals surface area contributed by atoms with Crippen LogP contribution in [-0.2, 0) is 17.9 Å². The number of hydrogen-bond donors (Lipinski definition) is 1. The van der Waals surface area contributed by atoms with Crippen molar-refractivity contribution in [1.29, 1.82) is 0 Å². The molecule has 6 heteroatoms. The van der Waals surface area contributed by atoms with Crippen molar-refractivity contribution < 1.29 is 14.1 Å². The summed E-state index contributed by atoms with van der Waals surface area (Å²) in [6.07, 6.45) is 0. The Morgan fingerprint density at radius 3 is 2.50 bits per heavy atom. The number of halogens is 1. The molecule has 1 heterocycles. The molecule has 3 aromatic rings. The third-order valence-electron chi connectivity index (χ3n) is 4.54. The van der Waals surface area contributed by atoms with Crippen LogP contribution in [0.4, 0.5) is 15.2 Å². The molecule has 0 saturated carbocycles. The Balaban J connectivity index is 1.75. The van der Waals surface area contributed by atoms with Gasteiger partial charge in [-0.2, -0.15) is 0 Å². The van der Waals surface area contributed by atoms with Gasteiger partial charge in [0, 0.05) is 17.9 Å². The first-order chi connectivity index (χ1) is 13.3. The Labute approximate surface area is 169 Å². The lowest BCUT2D eigenvalue weighted by Crippen LogP contribution is -3.06. The summed E-state index contributed by atoms with van der Waals surface area (Å²) in [6, 6.07) is 12.6. The van der Waals surface area contributed by atoms with Gasteiger partial charge in [-0.25, -0.2) is 9.37 Å². The molecule has 0 radical (unpaired) electrons. The summed E-state index contributed by atoms with van der Waals surface area (Å²) in [6.45, 7) is 7.11. The predicted molar refractivity (Wildman–Crippen MR) is 112 cm³/mol. The smallest absolute Gasteiger partial charge is 0.230 e. The van der Waals surface area contributed by atoms with Crippen molar-refractivity contribution >= 4 is 28.1 Å². The zero-order valence-corrected chi connectivity index (χ0v) is 17.4. The average Bonchev–Trinajstić information content (AvgIpc) is 3.06. The van der Waals surface area contributed by atoms with Crippen LogP contribution in [0.1, 0.15) is 29.3 Å². The summed E-state index contributed by atoms with van der Waals surface area (Å²) >= 11 is 1.48. The lowest BCUT2D eigenvalue weighted by molar-refractivity contribution is -0.908. The minimum atomic E-state index is -0.221. The number of thiazole rings is 1. The second-order valence-electron chi connectivity index (χ2n) is 7.20. The van der Waals surface area contributed by atoms with Gasteiger partial charge in [-0.1, -0.05) is 29.8 Å². The quantitative estimate of drug-likeness (QED) is 0.686. The molecule has 0 spiro atoms. The van der Waals surface area contributed by atoms with Crippen molar-refractivity contribution in [2.75, 3.05) is 11.9 Å². The van der Waals surface area contributed by atoms with Crippen molar-refractivity contribution in [2.24, 2.45) is 0 Å². The third kappa shape index (κ3) is 4.82. The lowest BCUT2D eigenvalue weighted by Gasteiger charge is -2.20. The van der Waals surface area contributed by atoms with E-state index in [0.29, 0.717) is 5.13 Å². The molecule has 4 nitrogen and oxygen atoms in total. The van der Waals surface area contributed by atoms with Crippen LogP contribution in [0.3, 0.4) is 0 Å². The van der Waals surface area contributed by atoms with Gasteiger partial charge in [0.05, 0.1) is 12.7 Å². The molecule has 1 atom stereocenters. The van der Waals surface area contributed by atoms with E-state index in [4.69, 9.17) is 4.98 Å². The highest BCUT2D eigenvalue weighted by molar-refractivity contribution is 7.14. The normalized spacial score (nSPS) is 12.0. The van der Waals surface area contributed by atoms with Crippen LogP contribution >= 0.6 is 11.3 Å². The monoisotopic (exact) mass is 398 g/mol. The summed E-state index contributed by atoms with van der Waals surface area (Å²) in [5.74, 6) is -0.277. The van der Waals surface area contributed by atoms with E-state index in [0.717, 1.165) is 41.2 Å². The van der Waals surface area contributed by atoms with Gasteiger partial charge in [-0.05, 0) is 37.6 Å². The molecule has 0 aliphatic carbocycles. The molecule has 0 fully saturated rings. The highest BCUT2D eigenvalue weighted by Gasteiger charge is 2.20. The molecular weight excluding hydrogens is 373 g/mol. The van der Waals surface area contributed by atoms with Crippen LogP contribution in [0.15, 0.2) is 47.8 Å². The van der Waals surface area contributed by atoms with Gasteiger partial charge in [0.15, 0.2) is 5.13 Å². The van der Waals surface area contributed by atoms with E-state index < -0.39 is 0 Å². The maximum atomic E-state index is 13.1. The molecule has 1 unspecified atom stereocenters. The van der Waals surface area contributed by atoms with Gasteiger partial charge in [0.25, 0.3) is 0 Å². The Hall–Kier alpha value is -2.57. The fraction of sp³-hybridized carbons (Fsp3) is 0.273. The molecule has 1 N–H and O–H groups in total. The number of carbonyl (C=O) groups excluding carboxylic acids is 1. The molecule has 146 valence electrons. The molecule has 0 aliphatic heterocycles. The molecule has 1 aromatic heterocycles. The Morgan fingerprint density at radius 2 is 1.86 bits per heavy atom. The van der Waals surface area contributed by atoms with Gasteiger partial charge in [-0.15, -0.1) is 11.3 Å². The van der Waals surface area contributed by atoms with E-state index in [2.05, 4.69) is 13.1 Å². The van der Waals surface area contributed by atoms with Crippen molar-refractivity contribution in [3.8, 4) is 0 Å². The topological polar surface area (TPSA) is 37.6 Å². The molecule has 28 heavy (non-hydrogen) atoms. The maximum absolute atomic E-state index is 13.1. The van der Waals surface area contributed by atoms with Crippen LogP contribution in [0, 0.1) is 19.7 Å². The Bertz CT molecular complexity index is 968. The fourth-order valence-corrected chi connectivity index (χ4v) is 4.15. The highest BCUT2D eigenvalue weighted by Crippen LogP contribution is 2.31. The average molecular weight is 399 g/mol. The van der Waals surface area contributed by atoms with Gasteiger partial charge >= 0.3 is 0 Å². The van der Waals surface area contributed by atoms with Gasteiger partial charge < -0.3 is 4.90 Å². The van der Waals surface area contributed by atoms with E-state index in [1.807, 2.05) is 43.5 Å². The number of nitrogens with zero attached hydrogens (tertiary/aromatic N) is 2. The third-order valence-corrected chi connectivity index (χ3v) is 5.42. The summed E-state index contributed by atoms with van der Waals surface area (Å²) in [5.41, 5.74) is 5.10. The number of amides is 1. The minimum Gasteiger partial charge on any atom is -0.329 e. The molecule has 0 aliphatic rings. The number of hydrogen-bond acceptors (Lipinski definition) is 3. The van der Waals surface area contributed by atoms with Gasteiger partial charge in [0.1, 0.15) is 24.6 Å². The van der Waals surface area contributed by atoms with E-state index in [1.165, 1.54) is 28.4 Å². The number of nitrogens with one attached hydrogen (secondary N) is 1. The van der Waals surface area contributed by atoms with Gasteiger partial charge in [0.2, 0.25) is 5.91 Å². The van der Waals surface area contributed by atoms with Crippen LogP contribution in [0.2, 0.25) is 0 Å². The largest absolute Gasteiger partial charge is 0.329 e. The second kappa shape index (κ2) is 8.63. The van der Waals surface area contributed by atoms with Crippen molar-refractivity contribution in [2.45, 2.75) is 33.9 Å². The van der Waals surface area contributed by atoms with Crippen LogP contribution < -0.4 is 9.80 Å². The second-order valence-corrected chi connectivity index (χ2v) is 8.04. The van der Waals surface area contributed by atoms with E-state index in [9.17, 15) is 9.18 Å². The maximum Gasteiger partial charge on any atom is 0.230 e. The van der Waals surface area contributed by atoms with E-state index in [-0.39, 0.29) is 11.7 Å². The molecule has 0 bridgehead atoms. The van der Waals surface area contributed by atoms with Crippen molar-refractivity contribution in [1.82, 2.24) is 4.98 Å². The number of rotatable bonds is 6. The highest BCUT2D eigenvalue weighted by atomic mass is 32.1.